The summed E-state index contributed by atoms with van der Waals surface area (Å²) in [7, 11) is 0. The maximum atomic E-state index is 5.51. The van der Waals surface area contributed by atoms with E-state index in [9.17, 15) is 0 Å². The fourth-order valence-corrected chi connectivity index (χ4v) is 0.953. The molecular weight excluding hydrogens is 150 g/mol. The van der Waals surface area contributed by atoms with E-state index in [0.29, 0.717) is 6.10 Å². The Morgan fingerprint density at radius 2 is 1.83 bits per heavy atom. The highest BCUT2D eigenvalue weighted by Gasteiger charge is 2.00. The zero-order valence-electron chi connectivity index (χ0n) is 8.89. The van der Waals surface area contributed by atoms with E-state index in [0.717, 1.165) is 32.0 Å². The molecule has 0 rings (SSSR count). The zero-order valence-corrected chi connectivity index (χ0v) is 8.89. The van der Waals surface area contributed by atoms with Crippen molar-refractivity contribution in [3.8, 4) is 0 Å². The summed E-state index contributed by atoms with van der Waals surface area (Å²) in [6.07, 6.45) is 1.46. The summed E-state index contributed by atoms with van der Waals surface area (Å²) in [5.41, 5.74) is 0. The first-order valence-corrected chi connectivity index (χ1v) is 4.99. The van der Waals surface area contributed by atoms with E-state index in [4.69, 9.17) is 4.74 Å². The minimum absolute atomic E-state index is 0.351. The van der Waals surface area contributed by atoms with Crippen molar-refractivity contribution in [2.24, 2.45) is 5.92 Å². The molecule has 12 heavy (non-hydrogen) atoms. The highest BCUT2D eigenvalue weighted by molar-refractivity contribution is 4.56. The van der Waals surface area contributed by atoms with Gasteiger partial charge in [0.15, 0.2) is 0 Å². The third-order valence-electron chi connectivity index (χ3n) is 1.59. The van der Waals surface area contributed by atoms with E-state index < -0.39 is 0 Å². The second-order valence-corrected chi connectivity index (χ2v) is 3.73. The number of nitrogens with one attached hydrogen (secondary N) is 1. The average molecular weight is 173 g/mol. The van der Waals surface area contributed by atoms with Gasteiger partial charge in [0.1, 0.15) is 0 Å². The Labute approximate surface area is 76.7 Å². The Morgan fingerprint density at radius 1 is 1.17 bits per heavy atom. The molecule has 0 aromatic rings. The molecule has 0 aromatic carbocycles. The number of rotatable bonds is 7. The summed E-state index contributed by atoms with van der Waals surface area (Å²) in [5.74, 6) is 0.725. The summed E-state index contributed by atoms with van der Waals surface area (Å²) in [6, 6.07) is 0. The SMILES string of the molecule is CCCOC(C)CNCC(C)C. The molecule has 0 saturated carbocycles. The lowest BCUT2D eigenvalue weighted by Crippen LogP contribution is -2.29. The van der Waals surface area contributed by atoms with Crippen LogP contribution in [0.15, 0.2) is 0 Å². The van der Waals surface area contributed by atoms with Crippen LogP contribution >= 0.6 is 0 Å². The van der Waals surface area contributed by atoms with Crippen LogP contribution < -0.4 is 5.32 Å². The molecule has 0 saturated heterocycles. The minimum atomic E-state index is 0.351. The molecule has 0 radical (unpaired) electrons. The second-order valence-electron chi connectivity index (χ2n) is 3.73. The molecule has 0 aliphatic carbocycles. The summed E-state index contributed by atoms with van der Waals surface area (Å²) in [6.45, 7) is 11.6. The minimum Gasteiger partial charge on any atom is -0.377 e. The highest BCUT2D eigenvalue weighted by atomic mass is 16.5. The fourth-order valence-electron chi connectivity index (χ4n) is 0.953. The van der Waals surface area contributed by atoms with Crippen LogP contribution in [0.3, 0.4) is 0 Å². The molecule has 2 heteroatoms. The molecule has 0 aromatic heterocycles. The van der Waals surface area contributed by atoms with Crippen molar-refractivity contribution in [3.05, 3.63) is 0 Å². The quantitative estimate of drug-likeness (QED) is 0.636. The standard InChI is InChI=1S/C10H23NO/c1-5-6-12-10(4)8-11-7-9(2)3/h9-11H,5-8H2,1-4H3. The van der Waals surface area contributed by atoms with Gasteiger partial charge in [0.05, 0.1) is 6.10 Å². The average Bonchev–Trinajstić information content (AvgIpc) is 2.00. The lowest BCUT2D eigenvalue weighted by Gasteiger charge is -2.14. The van der Waals surface area contributed by atoms with Crippen LogP contribution in [-0.2, 0) is 4.74 Å². The van der Waals surface area contributed by atoms with Gasteiger partial charge >= 0.3 is 0 Å². The normalized spacial score (nSPS) is 13.8. The van der Waals surface area contributed by atoms with Crippen molar-refractivity contribution >= 4 is 0 Å². The number of hydrogen-bond donors (Lipinski definition) is 1. The Bertz CT molecular complexity index is 93.8. The largest absolute Gasteiger partial charge is 0.377 e. The van der Waals surface area contributed by atoms with Gasteiger partial charge in [-0.3, -0.25) is 0 Å². The monoisotopic (exact) mass is 173 g/mol. The molecule has 1 unspecified atom stereocenters. The van der Waals surface area contributed by atoms with E-state index in [1.165, 1.54) is 0 Å². The smallest absolute Gasteiger partial charge is 0.0671 e. The van der Waals surface area contributed by atoms with Gasteiger partial charge in [-0.1, -0.05) is 20.8 Å². The van der Waals surface area contributed by atoms with Crippen LogP contribution in [0, 0.1) is 5.92 Å². The predicted octanol–water partition coefficient (Wildman–Crippen LogP) is 2.05. The summed E-state index contributed by atoms with van der Waals surface area (Å²) < 4.78 is 5.51. The Hall–Kier alpha value is -0.0800. The van der Waals surface area contributed by atoms with Gasteiger partial charge < -0.3 is 10.1 Å². The Kier molecular flexibility index (Phi) is 7.51. The molecule has 0 bridgehead atoms. The first kappa shape index (κ1) is 11.9. The van der Waals surface area contributed by atoms with Crippen molar-refractivity contribution in [1.29, 1.82) is 0 Å². The number of ether oxygens (including phenoxy) is 1. The second kappa shape index (κ2) is 7.56. The van der Waals surface area contributed by atoms with Gasteiger partial charge in [-0.2, -0.15) is 0 Å². The molecule has 1 N–H and O–H groups in total. The van der Waals surface area contributed by atoms with Gasteiger partial charge in [-0.25, -0.2) is 0 Å². The van der Waals surface area contributed by atoms with Crippen molar-refractivity contribution < 1.29 is 4.74 Å². The van der Waals surface area contributed by atoms with E-state index in [2.05, 4.69) is 33.0 Å². The third-order valence-corrected chi connectivity index (χ3v) is 1.59. The molecule has 0 aliphatic rings. The first-order valence-electron chi connectivity index (χ1n) is 4.99. The highest BCUT2D eigenvalue weighted by Crippen LogP contribution is 1.92. The van der Waals surface area contributed by atoms with E-state index in [1.54, 1.807) is 0 Å². The summed E-state index contributed by atoms with van der Waals surface area (Å²) in [4.78, 5) is 0. The Morgan fingerprint density at radius 3 is 2.33 bits per heavy atom. The Balaban J connectivity index is 3.13. The first-order chi connectivity index (χ1) is 5.66. The van der Waals surface area contributed by atoms with E-state index >= 15 is 0 Å². The molecule has 1 atom stereocenters. The lowest BCUT2D eigenvalue weighted by molar-refractivity contribution is 0.0660. The number of hydrogen-bond acceptors (Lipinski definition) is 2. The topological polar surface area (TPSA) is 21.3 Å². The molecule has 0 amide bonds. The van der Waals surface area contributed by atoms with Crippen LogP contribution in [0.5, 0.6) is 0 Å². The van der Waals surface area contributed by atoms with Crippen LogP contribution in [0.4, 0.5) is 0 Å². The molecule has 0 aliphatic heterocycles. The predicted molar refractivity (Wildman–Crippen MR) is 53.4 cm³/mol. The maximum Gasteiger partial charge on any atom is 0.0671 e. The van der Waals surface area contributed by atoms with E-state index in [-0.39, 0.29) is 0 Å². The van der Waals surface area contributed by atoms with Gasteiger partial charge in [-0.05, 0) is 25.8 Å². The fraction of sp³-hybridized carbons (Fsp3) is 1.00. The summed E-state index contributed by atoms with van der Waals surface area (Å²) >= 11 is 0. The van der Waals surface area contributed by atoms with Gasteiger partial charge in [-0.15, -0.1) is 0 Å². The van der Waals surface area contributed by atoms with Crippen LogP contribution in [0.1, 0.15) is 34.1 Å². The maximum absolute atomic E-state index is 5.51. The zero-order chi connectivity index (χ0) is 9.40. The van der Waals surface area contributed by atoms with Gasteiger partial charge in [0.2, 0.25) is 0 Å². The van der Waals surface area contributed by atoms with Crippen molar-refractivity contribution in [2.45, 2.75) is 40.2 Å². The van der Waals surface area contributed by atoms with Crippen LogP contribution in [0.2, 0.25) is 0 Å². The van der Waals surface area contributed by atoms with Gasteiger partial charge in [0.25, 0.3) is 0 Å². The molecule has 0 fully saturated rings. The van der Waals surface area contributed by atoms with Gasteiger partial charge in [0, 0.05) is 13.2 Å². The van der Waals surface area contributed by atoms with Crippen LogP contribution in [-0.4, -0.2) is 25.8 Å². The molecule has 74 valence electrons. The lowest BCUT2D eigenvalue weighted by atomic mass is 10.2. The molecule has 0 heterocycles. The molecule has 0 spiro atoms. The summed E-state index contributed by atoms with van der Waals surface area (Å²) in [5, 5.41) is 3.37. The molecular formula is C10H23NO. The third kappa shape index (κ3) is 8.02. The van der Waals surface area contributed by atoms with Crippen molar-refractivity contribution in [2.75, 3.05) is 19.7 Å². The van der Waals surface area contributed by atoms with Crippen molar-refractivity contribution in [1.82, 2.24) is 5.32 Å². The van der Waals surface area contributed by atoms with Crippen molar-refractivity contribution in [3.63, 3.8) is 0 Å². The van der Waals surface area contributed by atoms with E-state index in [1.807, 2.05) is 0 Å². The molecule has 2 nitrogen and oxygen atoms in total. The van der Waals surface area contributed by atoms with Crippen LogP contribution in [0.25, 0.3) is 0 Å².